The van der Waals surface area contributed by atoms with E-state index >= 15 is 0 Å². The number of aromatic nitrogens is 1. The first-order chi connectivity index (χ1) is 10.3. The summed E-state index contributed by atoms with van der Waals surface area (Å²) in [7, 11) is 0. The summed E-state index contributed by atoms with van der Waals surface area (Å²) in [5, 5.41) is 18.2. The molecule has 112 valence electrons. The van der Waals surface area contributed by atoms with Gasteiger partial charge in [0.15, 0.2) is 0 Å². The van der Waals surface area contributed by atoms with Gasteiger partial charge in [0.25, 0.3) is 5.91 Å². The van der Waals surface area contributed by atoms with Crippen LogP contribution in [0.4, 0.5) is 0 Å². The molecule has 1 atom stereocenters. The number of rotatable bonds is 2. The molecule has 2 rings (SSSR count). The Morgan fingerprint density at radius 3 is 2.95 bits per heavy atom. The van der Waals surface area contributed by atoms with E-state index in [4.69, 9.17) is 5.11 Å². The van der Waals surface area contributed by atoms with Crippen LogP contribution >= 0.6 is 0 Å². The summed E-state index contributed by atoms with van der Waals surface area (Å²) in [4.78, 5) is 18.4. The van der Waals surface area contributed by atoms with Gasteiger partial charge in [-0.2, -0.15) is 0 Å². The molecule has 1 aliphatic heterocycles. The Morgan fingerprint density at radius 1 is 1.33 bits per heavy atom. The zero-order valence-electron chi connectivity index (χ0n) is 12.0. The quantitative estimate of drug-likeness (QED) is 0.790. The van der Waals surface area contributed by atoms with E-state index in [1.54, 1.807) is 17.2 Å². The highest BCUT2D eigenvalue weighted by Gasteiger charge is 2.25. The number of carbonyl (C=O) groups is 1. The normalized spacial score (nSPS) is 18.6. The Kier molecular flexibility index (Phi) is 5.73. The molecule has 1 saturated heterocycles. The lowest BCUT2D eigenvalue weighted by Crippen LogP contribution is -2.42. The van der Waals surface area contributed by atoms with Crippen molar-refractivity contribution in [3.05, 3.63) is 29.6 Å². The van der Waals surface area contributed by atoms with Crippen LogP contribution < -0.4 is 0 Å². The van der Waals surface area contributed by atoms with Gasteiger partial charge in [-0.05, 0) is 18.9 Å². The van der Waals surface area contributed by atoms with E-state index in [0.717, 1.165) is 25.7 Å². The molecule has 0 saturated carbocycles. The molecule has 1 fully saturated rings. The van der Waals surface area contributed by atoms with E-state index in [0.29, 0.717) is 17.7 Å². The Bertz CT molecular complexity index is 548. The third-order valence-electron chi connectivity index (χ3n) is 3.65. The lowest BCUT2D eigenvalue weighted by molar-refractivity contribution is 0.0599. The van der Waals surface area contributed by atoms with Gasteiger partial charge in [-0.1, -0.05) is 24.7 Å². The van der Waals surface area contributed by atoms with Crippen LogP contribution in [0.3, 0.4) is 0 Å². The van der Waals surface area contributed by atoms with E-state index in [1.807, 2.05) is 0 Å². The van der Waals surface area contributed by atoms with Gasteiger partial charge in [-0.15, -0.1) is 0 Å². The maximum absolute atomic E-state index is 12.6. The third kappa shape index (κ3) is 4.03. The van der Waals surface area contributed by atoms with Crippen LogP contribution in [0.5, 0.6) is 0 Å². The van der Waals surface area contributed by atoms with Crippen molar-refractivity contribution in [1.29, 1.82) is 0 Å². The third-order valence-corrected chi connectivity index (χ3v) is 3.65. The summed E-state index contributed by atoms with van der Waals surface area (Å²) in [5.41, 5.74) is 1.07. The number of amides is 1. The molecule has 1 aromatic heterocycles. The molecule has 0 aromatic carbocycles. The molecule has 2 N–H and O–H groups in total. The lowest BCUT2D eigenvalue weighted by atomic mass is 10.1. The molecule has 5 nitrogen and oxygen atoms in total. The summed E-state index contributed by atoms with van der Waals surface area (Å²) in [6, 6.07) is 1.56. The molecule has 0 bridgehead atoms. The molecule has 1 amide bonds. The SMILES string of the molecule is O=C(c1cncc(C#CCO)c1)N1CCCCCC1CO. The molecular weight excluding hydrogens is 268 g/mol. The molecule has 21 heavy (non-hydrogen) atoms. The van der Waals surface area contributed by atoms with E-state index in [9.17, 15) is 9.90 Å². The van der Waals surface area contributed by atoms with E-state index < -0.39 is 0 Å². The minimum Gasteiger partial charge on any atom is -0.394 e. The Morgan fingerprint density at radius 2 is 2.19 bits per heavy atom. The number of pyridine rings is 1. The van der Waals surface area contributed by atoms with Crippen molar-refractivity contribution >= 4 is 5.91 Å². The second-order valence-corrected chi connectivity index (χ2v) is 5.11. The number of hydrogen-bond acceptors (Lipinski definition) is 4. The fourth-order valence-corrected chi connectivity index (χ4v) is 2.57. The molecule has 1 aromatic rings. The highest BCUT2D eigenvalue weighted by molar-refractivity contribution is 5.94. The van der Waals surface area contributed by atoms with Gasteiger partial charge < -0.3 is 15.1 Å². The lowest BCUT2D eigenvalue weighted by Gasteiger charge is -2.28. The summed E-state index contributed by atoms with van der Waals surface area (Å²) in [5.74, 6) is 5.17. The van der Waals surface area contributed by atoms with Crippen molar-refractivity contribution in [3.63, 3.8) is 0 Å². The van der Waals surface area contributed by atoms with Gasteiger partial charge in [0, 0.05) is 24.5 Å². The molecule has 0 radical (unpaired) electrons. The number of carbonyl (C=O) groups excluding carboxylic acids is 1. The van der Waals surface area contributed by atoms with Gasteiger partial charge in [-0.3, -0.25) is 9.78 Å². The van der Waals surface area contributed by atoms with Crippen LogP contribution in [0.2, 0.25) is 0 Å². The van der Waals surface area contributed by atoms with Crippen LogP contribution in [0.15, 0.2) is 18.5 Å². The summed E-state index contributed by atoms with van der Waals surface area (Å²) in [6.45, 7) is 0.427. The predicted molar refractivity (Wildman–Crippen MR) is 78.6 cm³/mol. The maximum atomic E-state index is 12.6. The molecule has 5 heteroatoms. The Hall–Kier alpha value is -1.90. The number of likely N-dealkylation sites (tertiary alicyclic amines) is 1. The summed E-state index contributed by atoms with van der Waals surface area (Å²) >= 11 is 0. The highest BCUT2D eigenvalue weighted by atomic mass is 16.3. The Labute approximate surface area is 124 Å². The predicted octanol–water partition coefficient (Wildman–Crippen LogP) is 0.802. The van der Waals surface area contributed by atoms with E-state index in [1.165, 1.54) is 6.20 Å². The van der Waals surface area contributed by atoms with E-state index in [2.05, 4.69) is 16.8 Å². The van der Waals surface area contributed by atoms with Crippen LogP contribution in [0, 0.1) is 11.8 Å². The van der Waals surface area contributed by atoms with Crippen molar-refractivity contribution in [1.82, 2.24) is 9.88 Å². The zero-order chi connectivity index (χ0) is 15.1. The molecule has 0 aliphatic carbocycles. The largest absolute Gasteiger partial charge is 0.394 e. The van der Waals surface area contributed by atoms with Crippen molar-refractivity contribution in [2.45, 2.75) is 31.7 Å². The van der Waals surface area contributed by atoms with Crippen LogP contribution in [0.25, 0.3) is 0 Å². The van der Waals surface area contributed by atoms with Gasteiger partial charge in [0.1, 0.15) is 6.61 Å². The second-order valence-electron chi connectivity index (χ2n) is 5.11. The van der Waals surface area contributed by atoms with Crippen molar-refractivity contribution in [2.75, 3.05) is 19.8 Å². The number of aliphatic hydroxyl groups is 2. The molecular formula is C16H20N2O3. The number of nitrogens with zero attached hydrogens (tertiary/aromatic N) is 2. The first kappa shape index (κ1) is 15.5. The standard InChI is InChI=1S/C16H20N2O3/c19-8-4-5-13-9-14(11-17-10-13)16(21)18-7-3-1-2-6-15(18)12-20/h9-11,15,19-20H,1-3,6-8,12H2. The fraction of sp³-hybridized carbons (Fsp3) is 0.500. The van der Waals surface area contributed by atoms with Crippen molar-refractivity contribution in [3.8, 4) is 11.8 Å². The van der Waals surface area contributed by atoms with Gasteiger partial charge >= 0.3 is 0 Å². The Balaban J connectivity index is 2.21. The van der Waals surface area contributed by atoms with Gasteiger partial charge in [-0.25, -0.2) is 0 Å². The summed E-state index contributed by atoms with van der Waals surface area (Å²) < 4.78 is 0. The summed E-state index contributed by atoms with van der Waals surface area (Å²) in [6.07, 6.45) is 6.99. The molecule has 1 aliphatic rings. The molecule has 1 unspecified atom stereocenters. The van der Waals surface area contributed by atoms with E-state index in [-0.39, 0.29) is 25.2 Å². The van der Waals surface area contributed by atoms with Gasteiger partial charge in [0.05, 0.1) is 18.2 Å². The van der Waals surface area contributed by atoms with Crippen molar-refractivity contribution in [2.24, 2.45) is 0 Å². The van der Waals surface area contributed by atoms with Crippen LogP contribution in [-0.4, -0.2) is 51.8 Å². The van der Waals surface area contributed by atoms with Crippen LogP contribution in [0.1, 0.15) is 41.6 Å². The number of aliphatic hydroxyl groups excluding tert-OH is 2. The smallest absolute Gasteiger partial charge is 0.255 e. The topological polar surface area (TPSA) is 73.7 Å². The second kappa shape index (κ2) is 7.77. The van der Waals surface area contributed by atoms with Crippen LogP contribution in [-0.2, 0) is 0 Å². The number of hydrogen-bond donors (Lipinski definition) is 2. The fourth-order valence-electron chi connectivity index (χ4n) is 2.57. The first-order valence-corrected chi connectivity index (χ1v) is 7.23. The average molecular weight is 288 g/mol. The maximum Gasteiger partial charge on any atom is 0.255 e. The minimum absolute atomic E-state index is 0.0107. The average Bonchev–Trinajstić information content (AvgIpc) is 2.77. The van der Waals surface area contributed by atoms with Gasteiger partial charge in [0.2, 0.25) is 0 Å². The molecule has 0 spiro atoms. The zero-order valence-corrected chi connectivity index (χ0v) is 12.0. The molecule has 2 heterocycles. The first-order valence-electron chi connectivity index (χ1n) is 7.23. The van der Waals surface area contributed by atoms with Crippen molar-refractivity contribution < 1.29 is 15.0 Å². The highest BCUT2D eigenvalue weighted by Crippen LogP contribution is 2.19. The minimum atomic E-state index is -0.225. The monoisotopic (exact) mass is 288 g/mol.